The Morgan fingerprint density at radius 1 is 0.413 bits per heavy atom. The topological polar surface area (TPSA) is 26.4 Å². The van der Waals surface area contributed by atoms with Crippen molar-refractivity contribution in [2.24, 2.45) is 0 Å². The highest BCUT2D eigenvalue weighted by Crippen LogP contribution is 2.48. The molecule has 1 atom stereocenters. The Kier molecular flexibility index (Phi) is 3.39. The van der Waals surface area contributed by atoms with Gasteiger partial charge in [0.25, 0.3) is 11.5 Å². The number of rotatable bonds is 0. The summed E-state index contributed by atoms with van der Waals surface area (Å²) in [5.41, 5.74) is 9.82. The van der Waals surface area contributed by atoms with Crippen LogP contribution in [0, 0.1) is 0 Å². The van der Waals surface area contributed by atoms with Gasteiger partial charge in [0.2, 0.25) is 11.5 Å². The number of fused-ring (bicyclic) bond motifs is 13. The van der Waals surface area contributed by atoms with Crippen molar-refractivity contribution in [2.75, 3.05) is 0 Å². The Morgan fingerprint density at radius 2 is 1.02 bits per heavy atom. The highest BCUT2D eigenvalue weighted by Gasteiger charge is 2.66. The Bertz CT molecular complexity index is 3090. The summed E-state index contributed by atoms with van der Waals surface area (Å²) in [4.78, 5) is 0. The van der Waals surface area contributed by atoms with Crippen LogP contribution in [0.2, 0.25) is 0 Å². The van der Waals surface area contributed by atoms with Crippen LogP contribution in [0.1, 0.15) is 5.56 Å². The SMILES string of the molecule is c1cc[n+]2c(c1)-n1c3ccccc3c3ccc4c(c31)C21[n+]2cccc3c5ccccc5n(c32)-c2ccc3c5ccccc5n-4c3[n+]21. The Balaban J connectivity index is 1.44. The minimum absolute atomic E-state index is 0.751. The lowest BCUT2D eigenvalue weighted by Crippen LogP contribution is -2.91. The van der Waals surface area contributed by atoms with Crippen LogP contribution in [-0.4, -0.2) is 13.7 Å². The van der Waals surface area contributed by atoms with Gasteiger partial charge >= 0.3 is 5.79 Å². The Hall–Kier alpha value is -6.27. The zero-order valence-electron chi connectivity index (χ0n) is 24.5. The molecule has 13 rings (SSSR count). The molecule has 6 nitrogen and oxygen atoms in total. The summed E-state index contributed by atoms with van der Waals surface area (Å²) in [5, 5.41) is 7.57. The fraction of sp³-hybridized carbons (Fsp3) is 0.0250. The molecule has 3 aliphatic heterocycles. The standard InChI is InChI=1S/C40H23N6/c1-5-15-31-24(10-1)27-18-20-33-36-37(27)44(31)34-17-7-8-22-41(34)40(36)42-23-9-13-28-25-11-3-6-16-32(25)45(38(28)42)35-21-19-29-26-12-2-4-14-30(26)43(33)39(29)46(35)40/h1-23H/q+3. The Morgan fingerprint density at radius 3 is 1.83 bits per heavy atom. The smallest absolute Gasteiger partial charge is 0.224 e. The average molecular weight is 588 g/mol. The quantitative estimate of drug-likeness (QED) is 0.180. The summed E-state index contributed by atoms with van der Waals surface area (Å²) < 4.78 is 15.2. The van der Waals surface area contributed by atoms with Crippen molar-refractivity contribution < 1.29 is 13.7 Å². The maximum absolute atomic E-state index is 2.63. The molecule has 6 aromatic heterocycles. The van der Waals surface area contributed by atoms with Crippen LogP contribution in [0.5, 0.6) is 0 Å². The fourth-order valence-electron chi connectivity index (χ4n) is 9.50. The molecular formula is C40H23N6+3. The number of benzene rings is 4. The number of para-hydroxylation sites is 3. The first-order chi connectivity index (χ1) is 22.9. The van der Waals surface area contributed by atoms with E-state index in [0.717, 1.165) is 11.6 Å². The molecule has 3 aliphatic rings. The molecule has 46 heavy (non-hydrogen) atoms. The molecule has 4 aromatic carbocycles. The summed E-state index contributed by atoms with van der Waals surface area (Å²) in [6, 6.07) is 47.2. The van der Waals surface area contributed by atoms with Crippen LogP contribution < -0.4 is 13.7 Å². The lowest BCUT2D eigenvalue weighted by atomic mass is 9.94. The van der Waals surface area contributed by atoms with Gasteiger partial charge in [-0.25, -0.2) is 4.57 Å². The first-order valence-electron chi connectivity index (χ1n) is 15.9. The molecule has 10 aromatic rings. The van der Waals surface area contributed by atoms with Gasteiger partial charge in [0.1, 0.15) is 22.2 Å². The molecule has 0 aliphatic carbocycles. The molecule has 1 spiro atoms. The third-order valence-corrected chi connectivity index (χ3v) is 11.0. The van der Waals surface area contributed by atoms with Crippen LogP contribution in [0.3, 0.4) is 0 Å². The third kappa shape index (κ3) is 2.05. The van der Waals surface area contributed by atoms with Gasteiger partial charge in [0.15, 0.2) is 11.1 Å². The molecule has 210 valence electrons. The van der Waals surface area contributed by atoms with E-state index in [2.05, 4.69) is 167 Å². The summed E-state index contributed by atoms with van der Waals surface area (Å²) in [5.74, 6) is 1.55. The van der Waals surface area contributed by atoms with Crippen LogP contribution in [-0.2, 0) is 5.79 Å². The monoisotopic (exact) mass is 587 g/mol. The minimum atomic E-state index is -0.751. The number of nitrogens with zero attached hydrogens (tertiary/aromatic N) is 6. The zero-order chi connectivity index (χ0) is 29.5. The highest BCUT2D eigenvalue weighted by molar-refractivity contribution is 6.13. The average Bonchev–Trinajstić information content (AvgIpc) is 3.76. The maximum atomic E-state index is 2.63. The number of pyridine rings is 3. The van der Waals surface area contributed by atoms with Crippen molar-refractivity contribution in [3.63, 3.8) is 0 Å². The second-order valence-electron chi connectivity index (χ2n) is 12.9. The van der Waals surface area contributed by atoms with Crippen molar-refractivity contribution in [3.8, 4) is 17.3 Å². The number of aromatic nitrogens is 6. The van der Waals surface area contributed by atoms with E-state index in [0.29, 0.717) is 0 Å². The van der Waals surface area contributed by atoms with Crippen molar-refractivity contribution >= 4 is 65.7 Å². The van der Waals surface area contributed by atoms with Gasteiger partial charge in [-0.05, 0) is 60.7 Å². The molecule has 0 amide bonds. The summed E-state index contributed by atoms with van der Waals surface area (Å²) >= 11 is 0. The van der Waals surface area contributed by atoms with Crippen molar-refractivity contribution in [2.45, 2.75) is 5.79 Å². The van der Waals surface area contributed by atoms with E-state index in [9.17, 15) is 0 Å². The van der Waals surface area contributed by atoms with Crippen LogP contribution in [0.4, 0.5) is 0 Å². The third-order valence-electron chi connectivity index (χ3n) is 11.0. The van der Waals surface area contributed by atoms with Crippen molar-refractivity contribution in [1.82, 2.24) is 13.7 Å². The number of hydrogen-bond acceptors (Lipinski definition) is 0. The van der Waals surface area contributed by atoms with E-state index in [1.807, 2.05) is 0 Å². The molecule has 1 unspecified atom stereocenters. The molecule has 6 heteroatoms. The van der Waals surface area contributed by atoms with E-state index >= 15 is 0 Å². The molecule has 0 radical (unpaired) electrons. The molecule has 9 heterocycles. The van der Waals surface area contributed by atoms with Crippen LogP contribution >= 0.6 is 0 Å². The molecule has 0 saturated heterocycles. The molecule has 0 bridgehead atoms. The normalized spacial score (nSPS) is 16.8. The molecular weight excluding hydrogens is 564 g/mol. The van der Waals surface area contributed by atoms with E-state index < -0.39 is 5.79 Å². The van der Waals surface area contributed by atoms with Crippen molar-refractivity contribution in [1.29, 1.82) is 0 Å². The van der Waals surface area contributed by atoms with Gasteiger partial charge in [0.05, 0.1) is 23.2 Å². The zero-order valence-corrected chi connectivity index (χ0v) is 24.5. The minimum Gasteiger partial charge on any atom is -0.224 e. The second-order valence-corrected chi connectivity index (χ2v) is 12.9. The predicted octanol–water partition coefficient (Wildman–Crippen LogP) is 6.54. The van der Waals surface area contributed by atoms with E-state index in [1.54, 1.807) is 0 Å². The second kappa shape index (κ2) is 7.00. The largest absolute Gasteiger partial charge is 0.420 e. The first-order valence-corrected chi connectivity index (χ1v) is 15.9. The predicted molar refractivity (Wildman–Crippen MR) is 178 cm³/mol. The summed E-state index contributed by atoms with van der Waals surface area (Å²) in [6.07, 6.45) is 4.59. The highest BCUT2D eigenvalue weighted by atomic mass is 15.5. The van der Waals surface area contributed by atoms with Gasteiger partial charge in [-0.2, -0.15) is 18.3 Å². The molecule has 0 fully saturated rings. The fourth-order valence-corrected chi connectivity index (χ4v) is 9.50. The van der Waals surface area contributed by atoms with Crippen molar-refractivity contribution in [3.05, 3.63) is 145 Å². The lowest BCUT2D eigenvalue weighted by Gasteiger charge is -2.39. The van der Waals surface area contributed by atoms with Crippen LogP contribution in [0.15, 0.2) is 140 Å². The van der Waals surface area contributed by atoms with E-state index in [1.165, 1.54) is 76.9 Å². The maximum Gasteiger partial charge on any atom is 0.420 e. The summed E-state index contributed by atoms with van der Waals surface area (Å²) in [7, 11) is 0. The summed E-state index contributed by atoms with van der Waals surface area (Å²) in [6.45, 7) is 0. The number of hydrogen-bond donors (Lipinski definition) is 0. The van der Waals surface area contributed by atoms with Gasteiger partial charge in [-0.1, -0.05) is 54.6 Å². The van der Waals surface area contributed by atoms with Gasteiger partial charge < -0.3 is 0 Å². The van der Waals surface area contributed by atoms with Gasteiger partial charge in [-0.15, -0.1) is 4.57 Å². The van der Waals surface area contributed by atoms with E-state index in [4.69, 9.17) is 0 Å². The first kappa shape index (κ1) is 22.3. The van der Waals surface area contributed by atoms with Gasteiger partial charge in [0, 0.05) is 33.7 Å². The molecule has 0 N–H and O–H groups in total. The van der Waals surface area contributed by atoms with Crippen LogP contribution in [0.25, 0.3) is 83.0 Å². The molecule has 0 saturated carbocycles. The van der Waals surface area contributed by atoms with Gasteiger partial charge in [-0.3, -0.25) is 0 Å². The Labute approximate surface area is 261 Å². The van der Waals surface area contributed by atoms with E-state index in [-0.39, 0.29) is 0 Å². The lowest BCUT2D eigenvalue weighted by molar-refractivity contribution is -1.15.